The van der Waals surface area contributed by atoms with Gasteiger partial charge in [-0.1, -0.05) is 80.5 Å². The maximum absolute atomic E-state index is 3.48. The van der Waals surface area contributed by atoms with Crippen LogP contribution in [0.15, 0.2) is 36.6 Å². The molecule has 0 heterocycles. The van der Waals surface area contributed by atoms with Gasteiger partial charge < -0.3 is 4.90 Å². The van der Waals surface area contributed by atoms with E-state index < -0.39 is 0 Å². The highest BCUT2D eigenvalue weighted by Crippen LogP contribution is 2.22. The Bertz CT molecular complexity index is 299. The van der Waals surface area contributed by atoms with E-state index in [-0.39, 0.29) is 0 Å². The fourth-order valence-electron chi connectivity index (χ4n) is 1.94. The molecule has 0 aliphatic heterocycles. The molecule has 0 rings (SSSR count). The number of allylic oxidation sites excluding steroid dienone is 5. The zero-order chi connectivity index (χ0) is 20.8. The number of rotatable bonds is 8. The van der Waals surface area contributed by atoms with Crippen molar-refractivity contribution in [2.24, 2.45) is 11.8 Å². The van der Waals surface area contributed by atoms with Crippen molar-refractivity contribution in [3.63, 3.8) is 0 Å². The molecular weight excluding hydrogens is 302 g/mol. The van der Waals surface area contributed by atoms with Crippen molar-refractivity contribution in [2.75, 3.05) is 7.05 Å². The van der Waals surface area contributed by atoms with E-state index in [1.807, 2.05) is 33.8 Å². The van der Waals surface area contributed by atoms with Crippen LogP contribution in [0.1, 0.15) is 95.4 Å². The second kappa shape index (κ2) is 25.3. The predicted molar refractivity (Wildman–Crippen MR) is 122 cm³/mol. The molecule has 0 aliphatic carbocycles. The lowest BCUT2D eigenvalue weighted by Crippen LogP contribution is -2.32. The van der Waals surface area contributed by atoms with E-state index in [4.69, 9.17) is 0 Å². The number of nitrogens with zero attached hydrogens (tertiary/aromatic N) is 1. The fraction of sp³-hybridized carbons (Fsp3) is 0.750. The summed E-state index contributed by atoms with van der Waals surface area (Å²) in [5.74, 6) is 1.56. The van der Waals surface area contributed by atoms with Crippen molar-refractivity contribution < 1.29 is 0 Å². The van der Waals surface area contributed by atoms with Crippen molar-refractivity contribution in [2.45, 2.75) is 101 Å². The smallest absolute Gasteiger partial charge is 0.0283 e. The van der Waals surface area contributed by atoms with E-state index >= 15 is 0 Å². The molecule has 1 nitrogen and oxygen atoms in total. The van der Waals surface area contributed by atoms with Gasteiger partial charge in [-0.3, -0.25) is 0 Å². The van der Waals surface area contributed by atoms with E-state index in [0.29, 0.717) is 6.04 Å². The summed E-state index contributed by atoms with van der Waals surface area (Å²) in [4.78, 5) is 2.43. The third-order valence-corrected chi connectivity index (χ3v) is 4.18. The summed E-state index contributed by atoms with van der Waals surface area (Å²) in [6.07, 6.45) is 11.8. The van der Waals surface area contributed by atoms with Crippen molar-refractivity contribution >= 4 is 0 Å². The van der Waals surface area contributed by atoms with Gasteiger partial charge in [0.05, 0.1) is 0 Å². The molecule has 0 aromatic rings. The highest BCUT2D eigenvalue weighted by atomic mass is 15.1. The Labute approximate surface area is 162 Å². The molecule has 2 unspecified atom stereocenters. The SMILES string of the molecule is C/C=C\C=C(/C)N(C)C(CC)CC(C)C(C)C.C=CCC.CC.CC. The first-order chi connectivity index (χ1) is 11.8. The molecule has 2 atom stereocenters. The summed E-state index contributed by atoms with van der Waals surface area (Å²) in [6, 6.07) is 0.661. The highest BCUT2D eigenvalue weighted by molar-refractivity contribution is 5.09. The summed E-state index contributed by atoms with van der Waals surface area (Å²) in [5, 5.41) is 0. The first-order valence-corrected chi connectivity index (χ1v) is 10.5. The Kier molecular flexibility index (Phi) is 32.1. The molecule has 0 saturated carbocycles. The lowest BCUT2D eigenvalue weighted by Gasteiger charge is -2.32. The third kappa shape index (κ3) is 21.0. The molecule has 0 fully saturated rings. The minimum atomic E-state index is 0.661. The second-order valence-electron chi connectivity index (χ2n) is 6.16. The number of hydrogen-bond acceptors (Lipinski definition) is 1. The monoisotopic (exact) mass is 353 g/mol. The summed E-state index contributed by atoms with van der Waals surface area (Å²) in [5.41, 5.74) is 1.35. The summed E-state index contributed by atoms with van der Waals surface area (Å²) >= 11 is 0. The van der Waals surface area contributed by atoms with Crippen molar-refractivity contribution in [3.8, 4) is 0 Å². The molecule has 0 spiro atoms. The van der Waals surface area contributed by atoms with Crippen LogP contribution in [0.2, 0.25) is 0 Å². The summed E-state index contributed by atoms with van der Waals surface area (Å²) < 4.78 is 0. The van der Waals surface area contributed by atoms with Gasteiger partial charge in [-0.2, -0.15) is 0 Å². The molecule has 0 bridgehead atoms. The maximum atomic E-state index is 3.48. The van der Waals surface area contributed by atoms with Crippen LogP contribution in [0, 0.1) is 11.8 Å². The predicted octanol–water partition coefficient (Wildman–Crippen LogP) is 8.49. The topological polar surface area (TPSA) is 3.24 Å². The van der Waals surface area contributed by atoms with E-state index in [2.05, 4.69) is 85.2 Å². The van der Waals surface area contributed by atoms with E-state index in [0.717, 1.165) is 18.3 Å². The zero-order valence-electron chi connectivity index (χ0n) is 19.8. The van der Waals surface area contributed by atoms with Crippen LogP contribution >= 0.6 is 0 Å². The van der Waals surface area contributed by atoms with Gasteiger partial charge in [-0.25, -0.2) is 0 Å². The zero-order valence-corrected chi connectivity index (χ0v) is 19.8. The van der Waals surface area contributed by atoms with Crippen molar-refractivity contribution in [1.82, 2.24) is 4.90 Å². The largest absolute Gasteiger partial charge is 0.375 e. The lowest BCUT2D eigenvalue weighted by atomic mass is 9.89. The van der Waals surface area contributed by atoms with Gasteiger partial charge in [-0.05, 0) is 51.0 Å². The first-order valence-electron chi connectivity index (χ1n) is 10.5. The van der Waals surface area contributed by atoms with Gasteiger partial charge >= 0.3 is 0 Å². The average Bonchev–Trinajstić information content (AvgIpc) is 2.66. The molecule has 152 valence electrons. The van der Waals surface area contributed by atoms with E-state index in [9.17, 15) is 0 Å². The molecule has 1 heteroatoms. The molecule has 0 aromatic carbocycles. The lowest BCUT2D eigenvalue weighted by molar-refractivity contribution is 0.228. The highest BCUT2D eigenvalue weighted by Gasteiger charge is 2.18. The minimum Gasteiger partial charge on any atom is -0.375 e. The van der Waals surface area contributed by atoms with Crippen molar-refractivity contribution in [1.29, 1.82) is 0 Å². The Morgan fingerprint density at radius 3 is 1.76 bits per heavy atom. The van der Waals surface area contributed by atoms with E-state index in [1.165, 1.54) is 18.5 Å². The standard InChI is InChI=1S/C16H31N.C4H8.2C2H6/c1-8-10-11-15(6)17(7)16(9-2)12-14(5)13(3)4;1-3-4-2;2*1-2/h8,10-11,13-14,16H,9,12H2,1-7H3;3H,1,4H2,2H3;2*1-2H3/b10-8-,15-11+;;;. The normalized spacial score (nSPS) is 12.8. The van der Waals surface area contributed by atoms with Gasteiger partial charge in [0.25, 0.3) is 0 Å². The van der Waals surface area contributed by atoms with Crippen LogP contribution in [0.25, 0.3) is 0 Å². The molecule has 0 saturated heterocycles. The molecule has 0 aromatic heterocycles. The molecular formula is C24H51N. The molecule has 0 amide bonds. The maximum Gasteiger partial charge on any atom is 0.0283 e. The Morgan fingerprint density at radius 1 is 1.04 bits per heavy atom. The van der Waals surface area contributed by atoms with Gasteiger partial charge in [-0.15, -0.1) is 6.58 Å². The Hall–Kier alpha value is -0.980. The third-order valence-electron chi connectivity index (χ3n) is 4.18. The number of hydrogen-bond donors (Lipinski definition) is 0. The molecule has 25 heavy (non-hydrogen) atoms. The minimum absolute atomic E-state index is 0.661. The summed E-state index contributed by atoms with van der Waals surface area (Å²) in [6.45, 7) is 27.1. The van der Waals surface area contributed by atoms with Crippen LogP contribution in [-0.4, -0.2) is 18.0 Å². The molecule has 0 aliphatic rings. The van der Waals surface area contributed by atoms with Gasteiger partial charge in [0.1, 0.15) is 0 Å². The molecule has 0 N–H and O–H groups in total. The van der Waals surface area contributed by atoms with E-state index in [1.54, 1.807) is 0 Å². The van der Waals surface area contributed by atoms with Gasteiger partial charge in [0, 0.05) is 18.8 Å². The fourth-order valence-corrected chi connectivity index (χ4v) is 1.94. The quantitative estimate of drug-likeness (QED) is 0.312. The average molecular weight is 354 g/mol. The first kappa shape index (κ1) is 31.8. The van der Waals surface area contributed by atoms with Gasteiger partial charge in [0.2, 0.25) is 0 Å². The Balaban J connectivity index is -0.000000234. The van der Waals surface area contributed by atoms with Gasteiger partial charge in [0.15, 0.2) is 0 Å². The van der Waals surface area contributed by atoms with Crippen LogP contribution in [-0.2, 0) is 0 Å². The van der Waals surface area contributed by atoms with Crippen LogP contribution in [0.4, 0.5) is 0 Å². The Morgan fingerprint density at radius 2 is 1.48 bits per heavy atom. The van der Waals surface area contributed by atoms with Crippen LogP contribution < -0.4 is 0 Å². The van der Waals surface area contributed by atoms with Crippen molar-refractivity contribution in [3.05, 3.63) is 36.6 Å². The summed E-state index contributed by atoms with van der Waals surface area (Å²) in [7, 11) is 2.22. The van der Waals surface area contributed by atoms with Crippen LogP contribution in [0.5, 0.6) is 0 Å². The van der Waals surface area contributed by atoms with Crippen LogP contribution in [0.3, 0.4) is 0 Å². The second-order valence-corrected chi connectivity index (χ2v) is 6.16. The molecule has 0 radical (unpaired) electrons.